The molecule has 1 atom stereocenters. The number of halogens is 6. The number of methoxy groups -OCH3 is 1. The molecule has 0 aromatic heterocycles. The maximum atomic E-state index is 12.2. The van der Waals surface area contributed by atoms with Gasteiger partial charge in [-0.05, 0) is 7.05 Å². The molecule has 0 saturated heterocycles. The fourth-order valence-electron chi connectivity index (χ4n) is 1.09. The summed E-state index contributed by atoms with van der Waals surface area (Å²) in [5.41, 5.74) is 0. The van der Waals surface area contributed by atoms with Crippen LogP contribution in [0.15, 0.2) is 0 Å². The molecule has 1 unspecified atom stereocenters. The fraction of sp³-hybridized carbons (Fsp3) is 1.00. The second-order valence-corrected chi connectivity index (χ2v) is 3.23. The van der Waals surface area contributed by atoms with Crippen molar-refractivity contribution in [3.63, 3.8) is 0 Å². The summed E-state index contributed by atoms with van der Waals surface area (Å²) in [5, 5.41) is 2.42. The van der Waals surface area contributed by atoms with E-state index in [0.29, 0.717) is 0 Å². The largest absolute Gasteiger partial charge is 0.423 e. The molecule has 0 fully saturated rings. The second-order valence-electron chi connectivity index (χ2n) is 3.23. The van der Waals surface area contributed by atoms with Crippen LogP contribution in [0.25, 0.3) is 0 Å². The van der Waals surface area contributed by atoms with Gasteiger partial charge in [0, 0.05) is 13.7 Å². The third-order valence-corrected chi connectivity index (χ3v) is 1.71. The highest BCUT2D eigenvalue weighted by molar-refractivity contribution is 4.78. The first kappa shape index (κ1) is 16.5. The van der Waals surface area contributed by atoms with Crippen molar-refractivity contribution in [2.75, 3.05) is 27.3 Å². The van der Waals surface area contributed by atoms with Gasteiger partial charge in [0.1, 0.15) is 0 Å². The van der Waals surface area contributed by atoms with E-state index in [1.54, 1.807) is 0 Å². The Labute approximate surface area is 94.1 Å². The molecule has 9 heteroatoms. The molecule has 0 aromatic carbocycles. The van der Waals surface area contributed by atoms with Gasteiger partial charge in [-0.15, -0.1) is 0 Å². The van der Waals surface area contributed by atoms with Gasteiger partial charge in [-0.3, -0.25) is 0 Å². The van der Waals surface area contributed by atoms with E-state index in [9.17, 15) is 26.3 Å². The van der Waals surface area contributed by atoms with Crippen molar-refractivity contribution in [2.45, 2.75) is 24.6 Å². The first-order valence-corrected chi connectivity index (χ1v) is 4.55. The smallest absolute Gasteiger partial charge is 0.382 e. The number of likely N-dealkylation sites (N-methyl/N-ethyl adjacent to an activating group) is 1. The van der Waals surface area contributed by atoms with Gasteiger partial charge in [0.2, 0.25) is 6.10 Å². The van der Waals surface area contributed by atoms with Crippen LogP contribution in [0.4, 0.5) is 26.3 Å². The molecule has 17 heavy (non-hydrogen) atoms. The van der Waals surface area contributed by atoms with E-state index in [0.717, 1.165) is 7.11 Å². The maximum absolute atomic E-state index is 12.2. The van der Waals surface area contributed by atoms with Crippen molar-refractivity contribution in [3.8, 4) is 0 Å². The molecular formula is C8H13F6NO2. The van der Waals surface area contributed by atoms with Crippen LogP contribution in [0.2, 0.25) is 0 Å². The average molecular weight is 269 g/mol. The molecular weight excluding hydrogens is 256 g/mol. The number of ether oxygens (including phenoxy) is 2. The van der Waals surface area contributed by atoms with Crippen LogP contribution < -0.4 is 5.32 Å². The number of hydrogen-bond donors (Lipinski definition) is 1. The minimum atomic E-state index is -5.50. The van der Waals surface area contributed by atoms with Crippen molar-refractivity contribution in [2.24, 2.45) is 0 Å². The summed E-state index contributed by atoms with van der Waals surface area (Å²) < 4.78 is 81.4. The maximum Gasteiger partial charge on any atom is 0.423 e. The monoisotopic (exact) mass is 269 g/mol. The van der Waals surface area contributed by atoms with Crippen molar-refractivity contribution in [1.82, 2.24) is 5.32 Å². The Bertz CT molecular complexity index is 197. The fourth-order valence-corrected chi connectivity index (χ4v) is 1.09. The minimum absolute atomic E-state index is 0.184. The van der Waals surface area contributed by atoms with E-state index >= 15 is 0 Å². The Morgan fingerprint density at radius 1 is 1.06 bits per heavy atom. The van der Waals surface area contributed by atoms with Crippen molar-refractivity contribution in [3.05, 3.63) is 0 Å². The van der Waals surface area contributed by atoms with Crippen LogP contribution in [0.3, 0.4) is 0 Å². The third-order valence-electron chi connectivity index (χ3n) is 1.71. The summed E-state index contributed by atoms with van der Waals surface area (Å²) in [5.74, 6) is 0. The van der Waals surface area contributed by atoms with Crippen LogP contribution in [-0.2, 0) is 9.47 Å². The topological polar surface area (TPSA) is 30.5 Å². The van der Waals surface area contributed by atoms with Gasteiger partial charge in [-0.2, -0.15) is 26.3 Å². The van der Waals surface area contributed by atoms with E-state index < -0.39 is 24.6 Å². The molecule has 3 nitrogen and oxygen atoms in total. The summed E-state index contributed by atoms with van der Waals surface area (Å²) in [6.45, 7) is -0.556. The summed E-state index contributed by atoms with van der Waals surface area (Å²) in [4.78, 5) is 0. The molecule has 0 rings (SSSR count). The Balaban J connectivity index is 4.72. The van der Waals surface area contributed by atoms with E-state index in [4.69, 9.17) is 0 Å². The van der Waals surface area contributed by atoms with E-state index in [1.807, 2.05) is 0 Å². The van der Waals surface area contributed by atoms with Gasteiger partial charge >= 0.3 is 12.4 Å². The SMILES string of the molecule is CNCC(COC)OC(C(F)(F)F)C(F)(F)F. The normalized spacial score (nSPS) is 15.4. The zero-order valence-corrected chi connectivity index (χ0v) is 9.15. The summed E-state index contributed by atoms with van der Waals surface area (Å²) in [6.07, 6.45) is -16.1. The Hall–Kier alpha value is -0.540. The van der Waals surface area contributed by atoms with E-state index in [1.165, 1.54) is 7.05 Å². The van der Waals surface area contributed by atoms with Crippen LogP contribution in [0.1, 0.15) is 0 Å². The molecule has 0 heterocycles. The van der Waals surface area contributed by atoms with Gasteiger partial charge < -0.3 is 14.8 Å². The molecule has 1 N–H and O–H groups in total. The molecule has 0 aliphatic carbocycles. The highest BCUT2D eigenvalue weighted by Gasteiger charge is 2.58. The Kier molecular flexibility index (Phi) is 6.20. The molecule has 0 radical (unpaired) electrons. The molecule has 0 amide bonds. The number of alkyl halides is 6. The van der Waals surface area contributed by atoms with Gasteiger partial charge in [-0.25, -0.2) is 0 Å². The quantitative estimate of drug-likeness (QED) is 0.745. The number of nitrogens with one attached hydrogen (secondary N) is 1. The van der Waals surface area contributed by atoms with Crippen molar-refractivity contribution >= 4 is 0 Å². The standard InChI is InChI=1S/C8H13F6NO2/c1-15-3-5(4-16-2)17-6(7(9,10)11)8(12,13)14/h5-6,15H,3-4H2,1-2H3. The predicted octanol–water partition coefficient (Wildman–Crippen LogP) is 1.73. The van der Waals surface area contributed by atoms with Gasteiger partial charge in [0.15, 0.2) is 0 Å². The highest BCUT2D eigenvalue weighted by atomic mass is 19.4. The van der Waals surface area contributed by atoms with Crippen LogP contribution in [-0.4, -0.2) is 51.9 Å². The average Bonchev–Trinajstić information content (AvgIpc) is 2.10. The number of hydrogen-bond acceptors (Lipinski definition) is 3. The lowest BCUT2D eigenvalue weighted by atomic mass is 10.3. The zero-order chi connectivity index (χ0) is 13.7. The lowest BCUT2D eigenvalue weighted by Gasteiger charge is -2.27. The molecule has 0 bridgehead atoms. The van der Waals surface area contributed by atoms with E-state index in [-0.39, 0.29) is 13.2 Å². The van der Waals surface area contributed by atoms with Crippen molar-refractivity contribution < 1.29 is 35.8 Å². The summed E-state index contributed by atoms with van der Waals surface area (Å²) in [6, 6.07) is 0. The van der Waals surface area contributed by atoms with Crippen LogP contribution >= 0.6 is 0 Å². The molecule has 0 aromatic rings. The van der Waals surface area contributed by atoms with Crippen LogP contribution in [0, 0.1) is 0 Å². The minimum Gasteiger partial charge on any atom is -0.382 e. The molecule has 0 aliphatic heterocycles. The number of rotatable bonds is 6. The first-order valence-electron chi connectivity index (χ1n) is 4.55. The Morgan fingerprint density at radius 2 is 1.53 bits per heavy atom. The highest BCUT2D eigenvalue weighted by Crippen LogP contribution is 2.36. The van der Waals surface area contributed by atoms with Crippen molar-refractivity contribution in [1.29, 1.82) is 0 Å². The lowest BCUT2D eigenvalue weighted by molar-refractivity contribution is -0.332. The predicted molar refractivity (Wildman–Crippen MR) is 46.6 cm³/mol. The first-order chi connectivity index (χ1) is 7.62. The molecule has 0 spiro atoms. The molecule has 104 valence electrons. The summed E-state index contributed by atoms with van der Waals surface area (Å²) >= 11 is 0. The van der Waals surface area contributed by atoms with E-state index in [2.05, 4.69) is 14.8 Å². The second kappa shape index (κ2) is 6.41. The lowest BCUT2D eigenvalue weighted by Crippen LogP contribution is -2.48. The van der Waals surface area contributed by atoms with Gasteiger partial charge in [0.05, 0.1) is 12.7 Å². The zero-order valence-electron chi connectivity index (χ0n) is 9.15. The summed E-state index contributed by atoms with van der Waals surface area (Å²) in [7, 11) is 2.53. The molecule has 0 aliphatic rings. The molecule has 0 saturated carbocycles. The van der Waals surface area contributed by atoms with Crippen LogP contribution in [0.5, 0.6) is 0 Å². The van der Waals surface area contributed by atoms with Gasteiger partial charge in [-0.1, -0.05) is 0 Å². The Morgan fingerprint density at radius 3 is 1.82 bits per heavy atom. The van der Waals surface area contributed by atoms with Gasteiger partial charge in [0.25, 0.3) is 0 Å². The third kappa shape index (κ3) is 6.08.